The van der Waals surface area contributed by atoms with Crippen LogP contribution in [0.3, 0.4) is 0 Å². The number of hydrogen-bond acceptors (Lipinski definition) is 4. The lowest BCUT2D eigenvalue weighted by Crippen LogP contribution is -2.26. The average Bonchev–Trinajstić information content (AvgIpc) is 3.50. The molecule has 0 saturated carbocycles. The zero-order valence-corrected chi connectivity index (χ0v) is 26.0. The molecule has 0 amide bonds. The number of aliphatic hydroxyl groups excluding tert-OH is 1. The van der Waals surface area contributed by atoms with Crippen molar-refractivity contribution in [1.82, 2.24) is 4.90 Å². The summed E-state index contributed by atoms with van der Waals surface area (Å²) in [6.07, 6.45) is 10.3. The lowest BCUT2D eigenvalue weighted by Gasteiger charge is -2.23. The van der Waals surface area contributed by atoms with Gasteiger partial charge in [-0.25, -0.2) is 0 Å². The second kappa shape index (κ2) is 16.6. The van der Waals surface area contributed by atoms with E-state index < -0.39 is 6.61 Å². The fourth-order valence-electron chi connectivity index (χ4n) is 6.20. The van der Waals surface area contributed by atoms with E-state index in [-0.39, 0.29) is 11.7 Å². The largest absolute Gasteiger partial charge is 0.388 e. The van der Waals surface area contributed by atoms with Crippen LogP contribution < -0.4 is 0 Å². The molecule has 230 valence electrons. The first-order valence-corrected chi connectivity index (χ1v) is 16.1. The van der Waals surface area contributed by atoms with E-state index in [4.69, 9.17) is 5.11 Å². The third-order valence-corrected chi connectivity index (χ3v) is 8.68. The van der Waals surface area contributed by atoms with Gasteiger partial charge >= 0.3 is 0 Å². The summed E-state index contributed by atoms with van der Waals surface area (Å²) in [6, 6.07) is 37.9. The van der Waals surface area contributed by atoms with Crippen LogP contribution in [-0.4, -0.2) is 41.3 Å². The van der Waals surface area contributed by atoms with Crippen molar-refractivity contribution in [2.75, 3.05) is 19.7 Å². The molecule has 1 aliphatic rings. The highest BCUT2D eigenvalue weighted by Crippen LogP contribution is 2.31. The minimum atomic E-state index is -0.479. The molecule has 1 N–H and O–H groups in total. The number of rotatable bonds is 17. The fraction of sp³-hybridized carbons (Fsp3) is 0.268. The van der Waals surface area contributed by atoms with Gasteiger partial charge in [-0.05, 0) is 77.3 Å². The van der Waals surface area contributed by atoms with E-state index in [2.05, 4.69) is 95.9 Å². The SMILES string of the molecule is O=C(/C=C/c1ccc(CN(CCCC(=O)CCC(c2ccccc2)c2ccccc2)CCC2=CCc3ccccc32)cc1)CO. The van der Waals surface area contributed by atoms with Crippen molar-refractivity contribution in [2.45, 2.75) is 51.0 Å². The number of nitrogens with zero attached hydrogens (tertiary/aromatic N) is 1. The Morgan fingerprint density at radius 1 is 0.778 bits per heavy atom. The van der Waals surface area contributed by atoms with Crippen LogP contribution in [0.4, 0.5) is 0 Å². The minimum Gasteiger partial charge on any atom is -0.388 e. The lowest BCUT2D eigenvalue weighted by molar-refractivity contribution is -0.119. The molecular formula is C41H43NO3. The molecule has 4 aromatic rings. The highest BCUT2D eigenvalue weighted by molar-refractivity contribution is 5.94. The molecule has 0 spiro atoms. The summed E-state index contributed by atoms with van der Waals surface area (Å²) >= 11 is 0. The van der Waals surface area contributed by atoms with Crippen LogP contribution in [0.2, 0.25) is 0 Å². The average molecular weight is 598 g/mol. The Morgan fingerprint density at radius 2 is 1.44 bits per heavy atom. The number of Topliss-reactive ketones (excluding diaryl/α,β-unsaturated/α-hetero) is 1. The molecule has 0 bridgehead atoms. The Labute approximate surface area is 267 Å². The standard InChI is InChI=1S/C41H43NO3/c43-31-39(45)24-21-32-17-19-33(20-18-32)30-42(29-27-37-23-22-36-14-7-8-16-40(36)37)28-9-15-38(44)25-26-41(34-10-3-1-4-11-34)35-12-5-2-6-13-35/h1-8,10-14,16-21,23-24,41,43H,9,15,22,25-31H2/b24-21+. The van der Waals surface area contributed by atoms with Crippen molar-refractivity contribution in [3.8, 4) is 0 Å². The Bertz CT molecular complexity index is 1550. The number of ketones is 2. The molecule has 1 aliphatic carbocycles. The number of benzene rings is 4. The third-order valence-electron chi connectivity index (χ3n) is 8.68. The zero-order valence-electron chi connectivity index (χ0n) is 26.0. The molecular weight excluding hydrogens is 554 g/mol. The van der Waals surface area contributed by atoms with Gasteiger partial charge in [-0.1, -0.05) is 121 Å². The smallest absolute Gasteiger partial charge is 0.181 e. The highest BCUT2D eigenvalue weighted by Gasteiger charge is 2.17. The highest BCUT2D eigenvalue weighted by atomic mass is 16.3. The van der Waals surface area contributed by atoms with Gasteiger partial charge in [-0.2, -0.15) is 0 Å². The van der Waals surface area contributed by atoms with Crippen molar-refractivity contribution in [2.24, 2.45) is 0 Å². The van der Waals surface area contributed by atoms with Crippen molar-refractivity contribution in [1.29, 1.82) is 0 Å². The molecule has 4 heteroatoms. The molecule has 0 aliphatic heterocycles. The first kappa shape index (κ1) is 32.0. The summed E-state index contributed by atoms with van der Waals surface area (Å²) in [5.41, 5.74) is 8.81. The van der Waals surface area contributed by atoms with Crippen LogP contribution >= 0.6 is 0 Å². The lowest BCUT2D eigenvalue weighted by atomic mass is 9.86. The molecule has 0 saturated heterocycles. The number of carbonyl (C=O) groups is 2. The van der Waals surface area contributed by atoms with E-state index >= 15 is 0 Å². The Kier molecular flexibility index (Phi) is 11.8. The van der Waals surface area contributed by atoms with Crippen molar-refractivity contribution in [3.05, 3.63) is 155 Å². The molecule has 4 aromatic carbocycles. The van der Waals surface area contributed by atoms with Crippen LogP contribution in [0.1, 0.15) is 71.4 Å². The van der Waals surface area contributed by atoms with E-state index in [1.807, 2.05) is 24.3 Å². The summed E-state index contributed by atoms with van der Waals surface area (Å²) < 4.78 is 0. The molecule has 0 heterocycles. The molecule has 4 nitrogen and oxygen atoms in total. The molecule has 5 rings (SSSR count). The van der Waals surface area contributed by atoms with Crippen LogP contribution in [0.15, 0.2) is 121 Å². The second-order valence-electron chi connectivity index (χ2n) is 11.9. The number of fused-ring (bicyclic) bond motifs is 1. The summed E-state index contributed by atoms with van der Waals surface area (Å²) in [6.45, 7) is 2.10. The maximum atomic E-state index is 13.1. The van der Waals surface area contributed by atoms with Crippen LogP contribution in [0.5, 0.6) is 0 Å². The van der Waals surface area contributed by atoms with E-state index in [0.29, 0.717) is 18.6 Å². The van der Waals surface area contributed by atoms with Gasteiger partial charge in [0.25, 0.3) is 0 Å². The number of aliphatic hydroxyl groups is 1. The maximum Gasteiger partial charge on any atom is 0.181 e. The van der Waals surface area contributed by atoms with Gasteiger partial charge in [-0.15, -0.1) is 0 Å². The van der Waals surface area contributed by atoms with Crippen LogP contribution in [0, 0.1) is 0 Å². The third kappa shape index (κ3) is 9.55. The van der Waals surface area contributed by atoms with E-state index in [1.54, 1.807) is 6.08 Å². The minimum absolute atomic E-state index is 0.218. The molecule has 0 unspecified atom stereocenters. The van der Waals surface area contributed by atoms with Gasteiger partial charge in [0, 0.05) is 31.8 Å². The van der Waals surface area contributed by atoms with Gasteiger partial charge in [-0.3, -0.25) is 14.5 Å². The fourth-order valence-corrected chi connectivity index (χ4v) is 6.20. The molecule has 0 radical (unpaired) electrons. The summed E-state index contributed by atoms with van der Waals surface area (Å²) in [7, 11) is 0. The van der Waals surface area contributed by atoms with Gasteiger partial charge in [0.05, 0.1) is 0 Å². The van der Waals surface area contributed by atoms with Gasteiger partial charge in [0.2, 0.25) is 0 Å². The van der Waals surface area contributed by atoms with Gasteiger partial charge < -0.3 is 5.11 Å². The van der Waals surface area contributed by atoms with Crippen LogP contribution in [0.25, 0.3) is 11.6 Å². The maximum absolute atomic E-state index is 13.1. The summed E-state index contributed by atoms with van der Waals surface area (Å²) in [4.78, 5) is 27.0. The first-order valence-electron chi connectivity index (χ1n) is 16.1. The predicted octanol–water partition coefficient (Wildman–Crippen LogP) is 8.05. The molecule has 0 atom stereocenters. The van der Waals surface area contributed by atoms with E-state index in [1.165, 1.54) is 39.5 Å². The van der Waals surface area contributed by atoms with Gasteiger partial charge in [0.15, 0.2) is 5.78 Å². The summed E-state index contributed by atoms with van der Waals surface area (Å²) in [5.74, 6) is 0.237. The van der Waals surface area contributed by atoms with Crippen LogP contribution in [-0.2, 0) is 22.6 Å². The number of hydrogen-bond donors (Lipinski definition) is 1. The quantitative estimate of drug-likeness (QED) is 0.125. The normalized spacial score (nSPS) is 12.6. The van der Waals surface area contributed by atoms with Crippen molar-refractivity contribution in [3.63, 3.8) is 0 Å². The monoisotopic (exact) mass is 597 g/mol. The van der Waals surface area contributed by atoms with Crippen molar-refractivity contribution < 1.29 is 14.7 Å². The predicted molar refractivity (Wildman–Crippen MR) is 184 cm³/mol. The number of carbonyl (C=O) groups excluding carboxylic acids is 2. The molecule has 0 fully saturated rings. The van der Waals surface area contributed by atoms with Gasteiger partial charge in [0.1, 0.15) is 12.4 Å². The Balaban J connectivity index is 1.18. The molecule has 0 aromatic heterocycles. The first-order chi connectivity index (χ1) is 22.1. The topological polar surface area (TPSA) is 57.6 Å². The van der Waals surface area contributed by atoms with E-state index in [9.17, 15) is 9.59 Å². The zero-order chi connectivity index (χ0) is 31.3. The second-order valence-corrected chi connectivity index (χ2v) is 11.9. The molecule has 45 heavy (non-hydrogen) atoms. The van der Waals surface area contributed by atoms with E-state index in [0.717, 1.165) is 50.9 Å². The Hall–Kier alpha value is -4.38. The number of allylic oxidation sites excluding steroid dienone is 1. The Morgan fingerprint density at radius 3 is 2.13 bits per heavy atom. The van der Waals surface area contributed by atoms with Crippen molar-refractivity contribution >= 4 is 23.2 Å². The summed E-state index contributed by atoms with van der Waals surface area (Å²) in [5, 5.41) is 8.96.